The molecule has 6 heteroatoms. The standard InChI is InChI=1S/C7H4F4IN/c8-4-2-6(13)3(1-5(4)12)7(9,10)11/h1-2H,13H2. The van der Waals surface area contributed by atoms with Crippen molar-refractivity contribution in [1.29, 1.82) is 0 Å². The zero-order chi connectivity index (χ0) is 10.2. The monoisotopic (exact) mass is 305 g/mol. The van der Waals surface area contributed by atoms with Crippen LogP contribution in [0.5, 0.6) is 0 Å². The Kier molecular flexibility index (Phi) is 2.69. The molecule has 0 aliphatic rings. The number of hydrogen-bond acceptors (Lipinski definition) is 1. The van der Waals surface area contributed by atoms with Gasteiger partial charge in [-0.05, 0) is 34.7 Å². The van der Waals surface area contributed by atoms with Crippen LogP contribution in [0.1, 0.15) is 5.56 Å². The first-order valence-electron chi connectivity index (χ1n) is 3.14. The summed E-state index contributed by atoms with van der Waals surface area (Å²) >= 11 is 1.48. The van der Waals surface area contributed by atoms with E-state index in [1.54, 1.807) is 0 Å². The Bertz CT molecular complexity index is 334. The number of alkyl halides is 3. The van der Waals surface area contributed by atoms with E-state index < -0.39 is 23.2 Å². The molecule has 0 bridgehead atoms. The number of rotatable bonds is 0. The first-order chi connectivity index (χ1) is 5.82. The molecule has 72 valence electrons. The smallest absolute Gasteiger partial charge is 0.398 e. The van der Waals surface area contributed by atoms with Gasteiger partial charge in [-0.1, -0.05) is 0 Å². The Morgan fingerprint density at radius 1 is 1.23 bits per heavy atom. The molecule has 0 amide bonds. The molecule has 0 saturated heterocycles. The molecule has 0 aliphatic heterocycles. The first kappa shape index (κ1) is 10.6. The Morgan fingerprint density at radius 2 is 1.77 bits per heavy atom. The Morgan fingerprint density at radius 3 is 2.23 bits per heavy atom. The van der Waals surface area contributed by atoms with Crippen LogP contribution in [-0.4, -0.2) is 0 Å². The highest BCUT2D eigenvalue weighted by Crippen LogP contribution is 2.35. The molecule has 0 fully saturated rings. The van der Waals surface area contributed by atoms with Gasteiger partial charge in [-0.2, -0.15) is 13.2 Å². The lowest BCUT2D eigenvalue weighted by atomic mass is 10.2. The zero-order valence-electron chi connectivity index (χ0n) is 6.12. The molecule has 0 aromatic heterocycles. The van der Waals surface area contributed by atoms with Gasteiger partial charge in [-0.25, -0.2) is 4.39 Å². The maximum Gasteiger partial charge on any atom is 0.418 e. The van der Waals surface area contributed by atoms with Gasteiger partial charge in [0.05, 0.1) is 5.56 Å². The summed E-state index contributed by atoms with van der Waals surface area (Å²) in [5, 5.41) is 0. The van der Waals surface area contributed by atoms with E-state index in [0.29, 0.717) is 12.1 Å². The Balaban J connectivity index is 3.32. The average Bonchev–Trinajstić information content (AvgIpc) is 1.94. The lowest BCUT2D eigenvalue weighted by Gasteiger charge is -2.10. The number of anilines is 1. The van der Waals surface area contributed by atoms with Gasteiger partial charge in [0.25, 0.3) is 0 Å². The second-order valence-corrected chi connectivity index (χ2v) is 3.51. The fraction of sp³-hybridized carbons (Fsp3) is 0.143. The molecule has 0 heterocycles. The minimum atomic E-state index is -4.53. The van der Waals surface area contributed by atoms with Gasteiger partial charge in [0.15, 0.2) is 0 Å². The van der Waals surface area contributed by atoms with E-state index in [-0.39, 0.29) is 3.57 Å². The summed E-state index contributed by atoms with van der Waals surface area (Å²) < 4.78 is 49.1. The van der Waals surface area contributed by atoms with Gasteiger partial charge < -0.3 is 5.73 Å². The molecule has 0 unspecified atom stereocenters. The summed E-state index contributed by atoms with van der Waals surface area (Å²) in [6.45, 7) is 0. The van der Waals surface area contributed by atoms with Crippen LogP contribution in [0.4, 0.5) is 23.2 Å². The van der Waals surface area contributed by atoms with Crippen molar-refractivity contribution >= 4 is 28.3 Å². The number of nitrogens with two attached hydrogens (primary N) is 1. The number of halogens is 5. The van der Waals surface area contributed by atoms with Crippen LogP contribution < -0.4 is 5.73 Å². The van der Waals surface area contributed by atoms with Crippen molar-refractivity contribution in [3.63, 3.8) is 0 Å². The lowest BCUT2D eigenvalue weighted by molar-refractivity contribution is -0.137. The van der Waals surface area contributed by atoms with Crippen LogP contribution in [0.2, 0.25) is 0 Å². The van der Waals surface area contributed by atoms with Gasteiger partial charge in [0.1, 0.15) is 5.82 Å². The maximum atomic E-state index is 12.7. The lowest BCUT2D eigenvalue weighted by Crippen LogP contribution is -2.09. The van der Waals surface area contributed by atoms with Crippen molar-refractivity contribution in [2.45, 2.75) is 6.18 Å². The minimum absolute atomic E-state index is 0.0980. The zero-order valence-corrected chi connectivity index (χ0v) is 8.28. The van der Waals surface area contributed by atoms with Crippen molar-refractivity contribution in [1.82, 2.24) is 0 Å². The maximum absolute atomic E-state index is 12.7. The molecule has 0 atom stereocenters. The van der Waals surface area contributed by atoms with Crippen LogP contribution in [0.3, 0.4) is 0 Å². The van der Waals surface area contributed by atoms with Crippen molar-refractivity contribution in [3.8, 4) is 0 Å². The second-order valence-electron chi connectivity index (χ2n) is 2.35. The molecule has 0 saturated carbocycles. The normalized spacial score (nSPS) is 11.8. The fourth-order valence-corrected chi connectivity index (χ4v) is 1.27. The van der Waals surface area contributed by atoms with E-state index in [0.717, 1.165) is 0 Å². The molecule has 1 aromatic carbocycles. The van der Waals surface area contributed by atoms with Crippen LogP contribution in [0.15, 0.2) is 12.1 Å². The summed E-state index contributed by atoms with van der Waals surface area (Å²) in [7, 11) is 0. The third-order valence-electron chi connectivity index (χ3n) is 1.40. The Hall–Kier alpha value is -0.530. The molecule has 0 spiro atoms. The van der Waals surface area contributed by atoms with Crippen LogP contribution in [-0.2, 0) is 6.18 Å². The molecule has 1 rings (SSSR count). The molecule has 1 nitrogen and oxygen atoms in total. The summed E-state index contributed by atoms with van der Waals surface area (Å²) in [6.07, 6.45) is -4.53. The highest BCUT2D eigenvalue weighted by molar-refractivity contribution is 14.1. The summed E-state index contributed by atoms with van der Waals surface area (Å²) in [4.78, 5) is 0. The molecule has 2 N–H and O–H groups in total. The van der Waals surface area contributed by atoms with E-state index in [2.05, 4.69) is 0 Å². The quantitative estimate of drug-likeness (QED) is 0.445. The first-order valence-corrected chi connectivity index (χ1v) is 4.22. The topological polar surface area (TPSA) is 26.0 Å². The van der Waals surface area contributed by atoms with Gasteiger partial charge in [0.2, 0.25) is 0 Å². The van der Waals surface area contributed by atoms with Gasteiger partial charge in [0, 0.05) is 9.26 Å². The SMILES string of the molecule is Nc1cc(F)c(I)cc1C(F)(F)F. The number of nitrogen functional groups attached to an aromatic ring is 1. The number of benzene rings is 1. The molecule has 13 heavy (non-hydrogen) atoms. The van der Waals surface area contributed by atoms with E-state index in [4.69, 9.17) is 5.73 Å². The van der Waals surface area contributed by atoms with Crippen molar-refractivity contribution < 1.29 is 17.6 Å². The average molecular weight is 305 g/mol. The summed E-state index contributed by atoms with van der Waals surface area (Å²) in [6, 6.07) is 1.36. The third-order valence-corrected chi connectivity index (χ3v) is 2.22. The molecule has 1 aromatic rings. The Labute approximate surface area is 85.1 Å². The van der Waals surface area contributed by atoms with Crippen molar-refractivity contribution in [2.24, 2.45) is 0 Å². The van der Waals surface area contributed by atoms with E-state index in [1.165, 1.54) is 22.6 Å². The van der Waals surface area contributed by atoms with E-state index in [1.807, 2.05) is 0 Å². The van der Waals surface area contributed by atoms with Crippen LogP contribution >= 0.6 is 22.6 Å². The molecule has 0 radical (unpaired) electrons. The fourth-order valence-electron chi connectivity index (χ4n) is 0.808. The molecule has 0 aliphatic carbocycles. The van der Waals surface area contributed by atoms with Crippen LogP contribution in [0, 0.1) is 9.39 Å². The highest BCUT2D eigenvalue weighted by atomic mass is 127. The third kappa shape index (κ3) is 2.23. The predicted octanol–water partition coefficient (Wildman–Crippen LogP) is 3.03. The minimum Gasteiger partial charge on any atom is -0.398 e. The van der Waals surface area contributed by atoms with Gasteiger partial charge >= 0.3 is 6.18 Å². The summed E-state index contributed by atoms with van der Waals surface area (Å²) in [5.41, 5.74) is 3.42. The van der Waals surface area contributed by atoms with Crippen molar-refractivity contribution in [2.75, 3.05) is 5.73 Å². The summed E-state index contributed by atoms with van der Waals surface area (Å²) in [5.74, 6) is -0.744. The highest BCUT2D eigenvalue weighted by Gasteiger charge is 2.33. The van der Waals surface area contributed by atoms with Crippen LogP contribution in [0.25, 0.3) is 0 Å². The number of hydrogen-bond donors (Lipinski definition) is 1. The largest absolute Gasteiger partial charge is 0.418 e. The van der Waals surface area contributed by atoms with Crippen molar-refractivity contribution in [3.05, 3.63) is 27.1 Å². The molecular weight excluding hydrogens is 301 g/mol. The second kappa shape index (κ2) is 3.32. The predicted molar refractivity (Wildman–Crippen MR) is 48.5 cm³/mol. The van der Waals surface area contributed by atoms with Gasteiger partial charge in [-0.3, -0.25) is 0 Å². The van der Waals surface area contributed by atoms with Gasteiger partial charge in [-0.15, -0.1) is 0 Å². The van der Waals surface area contributed by atoms with E-state index >= 15 is 0 Å². The molecular formula is C7H4F4IN. The van der Waals surface area contributed by atoms with E-state index in [9.17, 15) is 17.6 Å².